The van der Waals surface area contributed by atoms with Gasteiger partial charge in [0, 0.05) is 59.2 Å². The van der Waals surface area contributed by atoms with Gasteiger partial charge in [-0.15, -0.1) is 0 Å². The van der Waals surface area contributed by atoms with E-state index in [1.807, 2.05) is 19.1 Å². The second kappa shape index (κ2) is 11.9. The van der Waals surface area contributed by atoms with Gasteiger partial charge in [-0.25, -0.2) is 9.97 Å². The maximum atomic E-state index is 14.1. The SMILES string of the molecule is Cc1ccc(NC(=O)c2cccc(C(F)(F)F)c2)cc1N1Cc2cnc(Nc3ccc(N4CC[C@H](N(C)C)C4)cc3)nc2C2(CC2)C1=O. The van der Waals surface area contributed by atoms with Crippen LogP contribution in [0.25, 0.3) is 0 Å². The van der Waals surface area contributed by atoms with Crippen LogP contribution in [-0.2, 0) is 22.9 Å². The Morgan fingerprint density at radius 1 is 1.02 bits per heavy atom. The Kier molecular flexibility index (Phi) is 7.86. The molecule has 12 heteroatoms. The van der Waals surface area contributed by atoms with Crippen molar-refractivity contribution in [2.45, 2.75) is 50.4 Å². The summed E-state index contributed by atoms with van der Waals surface area (Å²) in [5.41, 5.74) is 3.63. The van der Waals surface area contributed by atoms with Crippen molar-refractivity contribution in [3.8, 4) is 0 Å². The van der Waals surface area contributed by atoms with Crippen molar-refractivity contribution in [3.05, 3.63) is 101 Å². The number of hydrogen-bond donors (Lipinski definition) is 2. The molecule has 1 saturated heterocycles. The van der Waals surface area contributed by atoms with E-state index in [0.29, 0.717) is 36.2 Å². The fourth-order valence-corrected chi connectivity index (χ4v) is 6.67. The van der Waals surface area contributed by atoms with E-state index < -0.39 is 23.1 Å². The van der Waals surface area contributed by atoms with E-state index in [2.05, 4.69) is 51.6 Å². The van der Waals surface area contributed by atoms with E-state index in [1.165, 1.54) is 17.8 Å². The van der Waals surface area contributed by atoms with Gasteiger partial charge >= 0.3 is 6.18 Å². The number of aryl methyl sites for hydroxylation is 1. The van der Waals surface area contributed by atoms with Crippen LogP contribution in [0.3, 0.4) is 0 Å². The van der Waals surface area contributed by atoms with Gasteiger partial charge in [-0.3, -0.25) is 9.59 Å². The average molecular weight is 656 g/mol. The number of benzene rings is 3. The lowest BCUT2D eigenvalue weighted by atomic mass is 9.91. The number of nitrogens with one attached hydrogen (secondary N) is 2. The molecule has 48 heavy (non-hydrogen) atoms. The van der Waals surface area contributed by atoms with Crippen LogP contribution >= 0.6 is 0 Å². The molecule has 248 valence electrons. The van der Waals surface area contributed by atoms with E-state index >= 15 is 0 Å². The summed E-state index contributed by atoms with van der Waals surface area (Å²) in [6.45, 7) is 4.14. The first-order chi connectivity index (χ1) is 22.9. The third-order valence-corrected chi connectivity index (χ3v) is 9.64. The number of carbonyl (C=O) groups is 2. The first-order valence-electron chi connectivity index (χ1n) is 16.0. The van der Waals surface area contributed by atoms with Crippen molar-refractivity contribution < 1.29 is 22.8 Å². The third kappa shape index (κ3) is 5.96. The topological polar surface area (TPSA) is 93.7 Å². The fraction of sp³-hybridized carbons (Fsp3) is 0.333. The summed E-state index contributed by atoms with van der Waals surface area (Å²) in [5, 5.41) is 5.99. The Hall–Kier alpha value is -4.97. The van der Waals surface area contributed by atoms with E-state index in [0.717, 1.165) is 54.2 Å². The highest BCUT2D eigenvalue weighted by atomic mass is 19.4. The summed E-state index contributed by atoms with van der Waals surface area (Å²) in [6.07, 6.45) is -0.338. The van der Waals surface area contributed by atoms with Crippen LogP contribution < -0.4 is 20.4 Å². The molecule has 7 rings (SSSR count). The van der Waals surface area contributed by atoms with E-state index in [1.54, 1.807) is 29.3 Å². The van der Waals surface area contributed by atoms with Gasteiger partial charge < -0.3 is 25.3 Å². The summed E-state index contributed by atoms with van der Waals surface area (Å²) in [7, 11) is 4.24. The normalized spacial score (nSPS) is 18.3. The first-order valence-corrected chi connectivity index (χ1v) is 16.0. The number of amides is 2. The number of halogens is 3. The largest absolute Gasteiger partial charge is 0.416 e. The van der Waals surface area contributed by atoms with E-state index in [-0.39, 0.29) is 18.0 Å². The molecule has 9 nitrogen and oxygen atoms in total. The molecule has 0 radical (unpaired) electrons. The Labute approximate surface area is 276 Å². The van der Waals surface area contributed by atoms with E-state index in [9.17, 15) is 22.8 Å². The summed E-state index contributed by atoms with van der Waals surface area (Å²) < 4.78 is 39.6. The maximum Gasteiger partial charge on any atom is 0.416 e. The molecule has 3 heterocycles. The van der Waals surface area contributed by atoms with Crippen LogP contribution in [0.15, 0.2) is 72.9 Å². The zero-order chi connectivity index (χ0) is 33.8. The minimum absolute atomic E-state index is 0.0740. The molecule has 2 aliphatic heterocycles. The van der Waals surface area contributed by atoms with Crippen LogP contribution in [0.2, 0.25) is 0 Å². The number of hydrogen-bond acceptors (Lipinski definition) is 7. The molecule has 2 fully saturated rings. The van der Waals surface area contributed by atoms with Gasteiger partial charge in [-0.05, 0) is 100 Å². The third-order valence-electron chi connectivity index (χ3n) is 9.64. The molecule has 0 unspecified atom stereocenters. The maximum absolute atomic E-state index is 14.1. The van der Waals surface area contributed by atoms with Crippen molar-refractivity contribution in [3.63, 3.8) is 0 Å². The summed E-state index contributed by atoms with van der Waals surface area (Å²) in [6, 6.07) is 18.2. The molecular formula is C36H36F3N7O2. The van der Waals surface area contributed by atoms with Crippen LogP contribution in [0.5, 0.6) is 0 Å². The molecule has 1 spiro atoms. The number of rotatable bonds is 7. The van der Waals surface area contributed by atoms with Gasteiger partial charge in [0.15, 0.2) is 0 Å². The molecule has 3 aromatic carbocycles. The molecule has 1 saturated carbocycles. The number of fused-ring (bicyclic) bond motifs is 2. The molecule has 1 aliphatic carbocycles. The Balaban J connectivity index is 1.08. The predicted molar refractivity (Wildman–Crippen MR) is 179 cm³/mol. The minimum atomic E-state index is -4.56. The fourth-order valence-electron chi connectivity index (χ4n) is 6.67. The highest BCUT2D eigenvalue weighted by molar-refractivity contribution is 6.07. The highest BCUT2D eigenvalue weighted by Crippen LogP contribution is 2.53. The van der Waals surface area contributed by atoms with Crippen LogP contribution in [0, 0.1) is 6.92 Å². The van der Waals surface area contributed by atoms with Gasteiger partial charge in [0.25, 0.3) is 5.91 Å². The number of anilines is 5. The van der Waals surface area contributed by atoms with Crippen molar-refractivity contribution in [1.29, 1.82) is 0 Å². The number of likely N-dealkylation sites (N-methyl/N-ethyl adjacent to an activating group) is 1. The van der Waals surface area contributed by atoms with Gasteiger partial charge in [0.2, 0.25) is 11.9 Å². The number of carbonyl (C=O) groups excluding carboxylic acids is 2. The van der Waals surface area contributed by atoms with Crippen molar-refractivity contribution in [1.82, 2.24) is 14.9 Å². The molecular weight excluding hydrogens is 619 g/mol. The Bertz CT molecular complexity index is 1890. The number of nitrogens with zero attached hydrogens (tertiary/aromatic N) is 5. The predicted octanol–water partition coefficient (Wildman–Crippen LogP) is 6.52. The summed E-state index contributed by atoms with van der Waals surface area (Å²) in [4.78, 5) is 42.7. The zero-order valence-electron chi connectivity index (χ0n) is 26.9. The molecule has 1 atom stereocenters. The highest BCUT2D eigenvalue weighted by Gasteiger charge is 2.58. The first kappa shape index (κ1) is 31.6. The van der Waals surface area contributed by atoms with Gasteiger partial charge in [-0.1, -0.05) is 12.1 Å². The molecule has 2 amide bonds. The molecule has 2 N–H and O–H groups in total. The second-order valence-corrected chi connectivity index (χ2v) is 13.1. The second-order valence-electron chi connectivity index (χ2n) is 13.1. The summed E-state index contributed by atoms with van der Waals surface area (Å²) in [5.74, 6) is -0.324. The lowest BCUT2D eigenvalue weighted by Crippen LogP contribution is -2.45. The minimum Gasteiger partial charge on any atom is -0.370 e. The van der Waals surface area contributed by atoms with Crippen molar-refractivity contribution in [2.75, 3.05) is 47.6 Å². The van der Waals surface area contributed by atoms with Crippen LogP contribution in [0.1, 0.15) is 52.0 Å². The van der Waals surface area contributed by atoms with E-state index in [4.69, 9.17) is 4.98 Å². The number of alkyl halides is 3. The summed E-state index contributed by atoms with van der Waals surface area (Å²) >= 11 is 0. The Morgan fingerprint density at radius 2 is 1.77 bits per heavy atom. The van der Waals surface area contributed by atoms with Crippen molar-refractivity contribution >= 4 is 40.5 Å². The monoisotopic (exact) mass is 655 g/mol. The standard InChI is InChI=1S/C36H36F3N7O2/c1-22-7-8-27(41-32(47)23-5-4-6-25(17-23)36(37,38)39)18-30(22)46-20-24-19-40-34(43-31(24)35(14-15-35)33(46)48)42-26-9-11-28(12-10-26)45-16-13-29(21-45)44(2)3/h4-12,17-19,29H,13-16,20-21H2,1-3H3,(H,41,47)(H,40,42,43)/t29-/m0/s1. The number of aromatic nitrogens is 2. The molecule has 1 aromatic heterocycles. The smallest absolute Gasteiger partial charge is 0.370 e. The quantitative estimate of drug-likeness (QED) is 0.234. The zero-order valence-corrected chi connectivity index (χ0v) is 26.9. The van der Waals surface area contributed by atoms with Crippen LogP contribution in [-0.4, -0.2) is 59.9 Å². The molecule has 3 aliphatic rings. The van der Waals surface area contributed by atoms with Gasteiger partial charge in [-0.2, -0.15) is 13.2 Å². The van der Waals surface area contributed by atoms with Crippen molar-refractivity contribution in [2.24, 2.45) is 0 Å². The molecule has 4 aromatic rings. The lowest BCUT2D eigenvalue weighted by Gasteiger charge is -2.34. The van der Waals surface area contributed by atoms with Crippen LogP contribution in [0.4, 0.5) is 41.9 Å². The lowest BCUT2D eigenvalue weighted by molar-refractivity contribution is -0.137. The molecule has 0 bridgehead atoms. The average Bonchev–Trinajstić information content (AvgIpc) is 3.71. The van der Waals surface area contributed by atoms with Gasteiger partial charge in [0.05, 0.1) is 23.2 Å². The Morgan fingerprint density at radius 3 is 2.46 bits per heavy atom. The van der Waals surface area contributed by atoms with Gasteiger partial charge in [0.1, 0.15) is 0 Å².